The molecule has 2 heteroatoms. The Bertz CT molecular complexity index is 1500. The van der Waals surface area contributed by atoms with Crippen molar-refractivity contribution in [2.75, 3.05) is 0 Å². The van der Waals surface area contributed by atoms with Crippen LogP contribution in [0.1, 0.15) is 192 Å². The summed E-state index contributed by atoms with van der Waals surface area (Å²) in [4.78, 5) is 0. The first-order valence-electron chi connectivity index (χ1n) is 21.7. The Labute approximate surface area is 341 Å². The molecule has 0 bridgehead atoms. The quantitative estimate of drug-likeness (QED) is 0.0864. The average Bonchev–Trinajstić information content (AvgIpc) is 3.11. The highest BCUT2D eigenvalue weighted by Crippen LogP contribution is 2.28. The molecule has 2 nitrogen and oxygen atoms in total. The Balaban J connectivity index is 2.26. The molecule has 0 spiro atoms. The summed E-state index contributed by atoms with van der Waals surface area (Å²) < 4.78 is 0. The number of rotatable bonds is 26. The van der Waals surface area contributed by atoms with Crippen LogP contribution in [0, 0.1) is 0 Å². The van der Waals surface area contributed by atoms with Crippen molar-refractivity contribution in [3.05, 3.63) is 128 Å². The van der Waals surface area contributed by atoms with Crippen molar-refractivity contribution < 1.29 is 10.2 Å². The normalized spacial score (nSPS) is 18.7. The highest BCUT2D eigenvalue weighted by molar-refractivity contribution is 5.37. The number of hydrogen-bond acceptors (Lipinski definition) is 2. The van der Waals surface area contributed by atoms with Gasteiger partial charge in [0.25, 0.3) is 0 Å². The number of hydrogen-bond donors (Lipinski definition) is 2. The van der Waals surface area contributed by atoms with Gasteiger partial charge in [-0.25, -0.2) is 0 Å². The van der Waals surface area contributed by atoms with Gasteiger partial charge in [-0.2, -0.15) is 0 Å². The molecule has 0 amide bonds. The molecule has 0 heterocycles. The summed E-state index contributed by atoms with van der Waals surface area (Å²) in [5, 5.41) is 20.8. The molecule has 1 rings (SSSR count). The van der Waals surface area contributed by atoms with E-state index in [-0.39, 0.29) is 0 Å². The highest BCUT2D eigenvalue weighted by Gasteiger charge is 2.22. The van der Waals surface area contributed by atoms with Crippen LogP contribution in [0.4, 0.5) is 0 Å². The molecular weight excluding hydrogens is 669 g/mol. The maximum Gasteiger partial charge on any atom is 0.0965 e. The second kappa shape index (κ2) is 29.3. The summed E-state index contributed by atoms with van der Waals surface area (Å²) in [5.41, 5.74) is 15.9. The van der Waals surface area contributed by atoms with Gasteiger partial charge in [-0.15, -0.1) is 0 Å². The molecule has 1 aliphatic carbocycles. The lowest BCUT2D eigenvalue weighted by Gasteiger charge is -2.25. The summed E-state index contributed by atoms with van der Waals surface area (Å²) in [5.74, 6) is 0. The van der Waals surface area contributed by atoms with E-state index in [1.54, 1.807) is 0 Å². The Morgan fingerprint density at radius 2 is 0.655 bits per heavy atom. The van der Waals surface area contributed by atoms with Crippen LogP contribution in [-0.2, 0) is 0 Å². The minimum atomic E-state index is -0.574. The van der Waals surface area contributed by atoms with Gasteiger partial charge in [0.15, 0.2) is 0 Å². The van der Waals surface area contributed by atoms with E-state index in [0.717, 1.165) is 93.8 Å². The van der Waals surface area contributed by atoms with E-state index in [1.165, 1.54) is 75.8 Å². The average molecular weight is 753 g/mol. The van der Waals surface area contributed by atoms with Crippen molar-refractivity contribution in [3.8, 4) is 0 Å². The lowest BCUT2D eigenvalue weighted by Crippen LogP contribution is -2.23. The van der Waals surface area contributed by atoms with Gasteiger partial charge in [-0.3, -0.25) is 0 Å². The van der Waals surface area contributed by atoms with Crippen LogP contribution in [0.3, 0.4) is 0 Å². The Morgan fingerprint density at radius 3 is 0.927 bits per heavy atom. The first-order chi connectivity index (χ1) is 26.1. The monoisotopic (exact) mass is 753 g/mol. The van der Waals surface area contributed by atoms with E-state index in [0.29, 0.717) is 6.42 Å². The van der Waals surface area contributed by atoms with Crippen LogP contribution < -0.4 is 0 Å². The Kier molecular flexibility index (Phi) is 26.7. The molecule has 2 N–H and O–H groups in total. The van der Waals surface area contributed by atoms with Gasteiger partial charge in [0.05, 0.1) is 12.2 Å². The second-order valence-corrected chi connectivity index (χ2v) is 17.2. The second-order valence-electron chi connectivity index (χ2n) is 17.2. The minimum Gasteiger partial charge on any atom is -0.385 e. The Hall–Kier alpha value is -2.94. The lowest BCUT2D eigenvalue weighted by atomic mass is 9.87. The summed E-state index contributed by atoms with van der Waals surface area (Å²) >= 11 is 0. The van der Waals surface area contributed by atoms with Gasteiger partial charge in [-0.1, -0.05) is 105 Å². The third kappa shape index (κ3) is 25.0. The van der Waals surface area contributed by atoms with Gasteiger partial charge in [0.2, 0.25) is 0 Å². The number of allylic oxidation sites excluding steroid dienone is 18. The van der Waals surface area contributed by atoms with Crippen LogP contribution in [0.2, 0.25) is 0 Å². The van der Waals surface area contributed by atoms with E-state index in [1.807, 2.05) is 19.9 Å². The molecule has 0 fully saturated rings. The molecule has 0 radical (unpaired) electrons. The van der Waals surface area contributed by atoms with Crippen LogP contribution in [0.5, 0.6) is 0 Å². The minimum absolute atomic E-state index is 0.570. The zero-order valence-electron chi connectivity index (χ0n) is 37.8. The first-order valence-corrected chi connectivity index (χ1v) is 21.7. The van der Waals surface area contributed by atoms with Gasteiger partial charge in [0.1, 0.15) is 0 Å². The van der Waals surface area contributed by atoms with Gasteiger partial charge >= 0.3 is 0 Å². The van der Waals surface area contributed by atoms with Crippen LogP contribution in [0.15, 0.2) is 128 Å². The van der Waals surface area contributed by atoms with E-state index < -0.39 is 12.2 Å². The smallest absolute Gasteiger partial charge is 0.0965 e. The molecule has 0 saturated carbocycles. The van der Waals surface area contributed by atoms with E-state index in [2.05, 4.69) is 124 Å². The van der Waals surface area contributed by atoms with Gasteiger partial charge < -0.3 is 10.2 Å². The van der Waals surface area contributed by atoms with E-state index >= 15 is 0 Å². The molecule has 0 aromatic carbocycles. The summed E-state index contributed by atoms with van der Waals surface area (Å²) in [6, 6.07) is 0. The van der Waals surface area contributed by atoms with E-state index in [9.17, 15) is 10.2 Å². The van der Waals surface area contributed by atoms with Crippen LogP contribution in [0.25, 0.3) is 0 Å². The molecule has 308 valence electrons. The molecular formula is C53H84O2. The van der Waals surface area contributed by atoms with Crippen LogP contribution >= 0.6 is 0 Å². The number of aliphatic hydroxyl groups is 2. The molecule has 1 aliphatic rings. The van der Waals surface area contributed by atoms with Crippen molar-refractivity contribution in [1.82, 2.24) is 0 Å². The van der Waals surface area contributed by atoms with Gasteiger partial charge in [-0.05, 0) is 215 Å². The molecule has 0 aromatic rings. The fourth-order valence-electron chi connectivity index (χ4n) is 6.85. The zero-order valence-corrected chi connectivity index (χ0v) is 37.8. The molecule has 0 aromatic heterocycles. The summed E-state index contributed by atoms with van der Waals surface area (Å²) in [6.07, 6.45) is 41.2. The van der Waals surface area contributed by atoms with E-state index in [4.69, 9.17) is 0 Å². The summed E-state index contributed by atoms with van der Waals surface area (Å²) in [7, 11) is 0. The third-order valence-electron chi connectivity index (χ3n) is 11.2. The van der Waals surface area contributed by atoms with Crippen molar-refractivity contribution >= 4 is 0 Å². The van der Waals surface area contributed by atoms with Gasteiger partial charge in [0, 0.05) is 0 Å². The predicted molar refractivity (Wildman–Crippen MR) is 246 cm³/mol. The largest absolute Gasteiger partial charge is 0.385 e. The standard InChI is InChI=1S/C53H84O2/c1-40(2)21-13-22-41(3)23-14-24-42(4)25-15-26-43(5)27-16-28-44(6)29-17-30-45(7)31-18-32-46(8)33-19-34-47(9)35-20-36-48(10)37-38-51-39-52(54)49(11)50(12)53(51)55/h21,23,25,27,29,31,33,35,37,39,52-55H,13-20,22,24,26,28,30,32,34,36,38H2,1-12H3. The molecule has 0 aliphatic heterocycles. The fraction of sp³-hybridized carbons (Fsp3) is 0.585. The summed E-state index contributed by atoms with van der Waals surface area (Å²) in [6.45, 7) is 26.3. The Morgan fingerprint density at radius 1 is 0.400 bits per heavy atom. The zero-order chi connectivity index (χ0) is 41.2. The molecule has 55 heavy (non-hydrogen) atoms. The maximum atomic E-state index is 10.5. The maximum absolute atomic E-state index is 10.5. The number of aliphatic hydroxyl groups excluding tert-OH is 2. The third-order valence-corrected chi connectivity index (χ3v) is 11.2. The highest BCUT2D eigenvalue weighted by atomic mass is 16.3. The first kappa shape index (κ1) is 50.1. The molecule has 2 unspecified atom stereocenters. The topological polar surface area (TPSA) is 40.5 Å². The molecule has 0 saturated heterocycles. The van der Waals surface area contributed by atoms with Crippen molar-refractivity contribution in [1.29, 1.82) is 0 Å². The predicted octanol–water partition coefficient (Wildman–Crippen LogP) is 16.2. The van der Waals surface area contributed by atoms with Crippen LogP contribution in [-0.4, -0.2) is 22.4 Å². The lowest BCUT2D eigenvalue weighted by molar-refractivity contribution is 0.209. The fourth-order valence-corrected chi connectivity index (χ4v) is 6.85. The van der Waals surface area contributed by atoms with Crippen molar-refractivity contribution in [2.45, 2.75) is 204 Å². The molecule has 2 atom stereocenters. The SMILES string of the molecule is CC(C)=CCCC(C)=CCCC(C)=CCCC(C)=CCCC(C)=CCCC(C)=CCCC(C)=CCCC(C)=CCCC(C)=CCC1=CC(O)C(C)=C(C)C1O. The van der Waals surface area contributed by atoms with Crippen molar-refractivity contribution in [3.63, 3.8) is 0 Å². The van der Waals surface area contributed by atoms with Crippen molar-refractivity contribution in [2.24, 2.45) is 0 Å².